The first kappa shape index (κ1) is 26.4. The third-order valence-electron chi connectivity index (χ3n) is 7.06. The molecular formula is C30H40O4. The predicted octanol–water partition coefficient (Wildman–Crippen LogP) is 6.02. The van der Waals surface area contributed by atoms with Crippen molar-refractivity contribution in [3.05, 3.63) is 88.5 Å². The lowest BCUT2D eigenvalue weighted by molar-refractivity contribution is 0.0168. The Labute approximate surface area is 204 Å². The average molecular weight is 465 g/mol. The van der Waals surface area contributed by atoms with Gasteiger partial charge in [0.15, 0.2) is 0 Å². The largest absolute Gasteiger partial charge is 0.392 e. The van der Waals surface area contributed by atoms with E-state index < -0.39 is 5.60 Å². The van der Waals surface area contributed by atoms with Gasteiger partial charge < -0.3 is 20.1 Å². The molecule has 2 aromatic rings. The Morgan fingerprint density at radius 1 is 0.912 bits per heavy atom. The van der Waals surface area contributed by atoms with Crippen LogP contribution in [0.3, 0.4) is 0 Å². The van der Waals surface area contributed by atoms with Crippen LogP contribution >= 0.6 is 0 Å². The topological polar surface area (TPSA) is 69.9 Å². The monoisotopic (exact) mass is 464 g/mol. The summed E-state index contributed by atoms with van der Waals surface area (Å²) < 4.78 is 6.34. The summed E-state index contributed by atoms with van der Waals surface area (Å²) in [4.78, 5) is 0. The zero-order chi connectivity index (χ0) is 24.8. The fraction of sp³-hybridized carbons (Fsp3) is 0.467. The molecule has 0 saturated heterocycles. The quantitative estimate of drug-likeness (QED) is 0.380. The summed E-state index contributed by atoms with van der Waals surface area (Å²) in [7, 11) is 0. The Balaban J connectivity index is 1.76. The van der Waals surface area contributed by atoms with Crippen molar-refractivity contribution in [1.82, 2.24) is 0 Å². The number of aliphatic hydroxyl groups excluding tert-OH is 2. The summed E-state index contributed by atoms with van der Waals surface area (Å²) in [5.41, 5.74) is 4.76. The molecule has 4 heteroatoms. The molecule has 2 aromatic carbocycles. The van der Waals surface area contributed by atoms with Crippen LogP contribution in [-0.4, -0.2) is 21.4 Å². The van der Waals surface area contributed by atoms with Gasteiger partial charge in [0.2, 0.25) is 0 Å². The van der Waals surface area contributed by atoms with E-state index in [0.29, 0.717) is 6.61 Å². The van der Waals surface area contributed by atoms with Crippen LogP contribution in [-0.2, 0) is 30.2 Å². The van der Waals surface area contributed by atoms with Crippen LogP contribution in [0, 0.1) is 5.41 Å². The molecule has 0 radical (unpaired) electrons. The first-order chi connectivity index (χ1) is 16.3. The van der Waals surface area contributed by atoms with Gasteiger partial charge in [-0.2, -0.15) is 0 Å². The highest BCUT2D eigenvalue weighted by molar-refractivity contribution is 5.73. The van der Waals surface area contributed by atoms with Gasteiger partial charge in [0.1, 0.15) is 0 Å². The smallest absolute Gasteiger partial charge is 0.0896 e. The minimum Gasteiger partial charge on any atom is -0.392 e. The molecular weight excluding hydrogens is 424 g/mol. The van der Waals surface area contributed by atoms with Crippen LogP contribution in [0.1, 0.15) is 81.2 Å². The average Bonchev–Trinajstić information content (AvgIpc) is 2.83. The Kier molecular flexibility index (Phi) is 8.89. The molecule has 0 fully saturated rings. The lowest BCUT2D eigenvalue weighted by Gasteiger charge is -2.37. The maximum absolute atomic E-state index is 11.2. The van der Waals surface area contributed by atoms with Crippen LogP contribution < -0.4 is 0 Å². The van der Waals surface area contributed by atoms with Crippen LogP contribution in [0.5, 0.6) is 0 Å². The molecule has 184 valence electrons. The second-order valence-corrected chi connectivity index (χ2v) is 9.95. The van der Waals surface area contributed by atoms with E-state index in [0.717, 1.165) is 53.5 Å². The highest BCUT2D eigenvalue weighted by Gasteiger charge is 2.35. The van der Waals surface area contributed by atoms with E-state index in [1.54, 1.807) is 0 Å². The first-order valence-electron chi connectivity index (χ1n) is 12.4. The van der Waals surface area contributed by atoms with Crippen molar-refractivity contribution in [1.29, 1.82) is 0 Å². The molecule has 1 aliphatic rings. The number of hydrogen-bond donors (Lipinski definition) is 3. The SMILES string of the molecule is CCCC(O)(CCC)c1ccc(C2=CC=CC(OCc3ccc(CO)c(CO)c3)C2(C)C)cc1. The van der Waals surface area contributed by atoms with Crippen molar-refractivity contribution in [2.45, 2.75) is 84.9 Å². The van der Waals surface area contributed by atoms with Gasteiger partial charge in [-0.25, -0.2) is 0 Å². The normalized spacial score (nSPS) is 17.6. The third-order valence-corrected chi connectivity index (χ3v) is 7.06. The summed E-state index contributed by atoms with van der Waals surface area (Å²) in [5.74, 6) is 0. The second-order valence-electron chi connectivity index (χ2n) is 9.95. The third kappa shape index (κ3) is 5.69. The molecule has 1 atom stereocenters. The zero-order valence-corrected chi connectivity index (χ0v) is 21.1. The van der Waals surface area contributed by atoms with Gasteiger partial charge in [-0.1, -0.05) is 101 Å². The maximum atomic E-state index is 11.2. The minimum atomic E-state index is -0.761. The van der Waals surface area contributed by atoms with E-state index in [4.69, 9.17) is 4.74 Å². The summed E-state index contributed by atoms with van der Waals surface area (Å²) in [6.07, 6.45) is 9.62. The van der Waals surface area contributed by atoms with E-state index >= 15 is 0 Å². The lowest BCUT2D eigenvalue weighted by Crippen LogP contribution is -2.33. The van der Waals surface area contributed by atoms with Crippen molar-refractivity contribution in [3.63, 3.8) is 0 Å². The fourth-order valence-corrected chi connectivity index (χ4v) is 5.05. The number of benzene rings is 2. The lowest BCUT2D eigenvalue weighted by atomic mass is 9.73. The molecule has 0 saturated carbocycles. The molecule has 1 unspecified atom stereocenters. The Morgan fingerprint density at radius 2 is 1.56 bits per heavy atom. The van der Waals surface area contributed by atoms with Crippen molar-refractivity contribution >= 4 is 5.57 Å². The van der Waals surface area contributed by atoms with Crippen molar-refractivity contribution < 1.29 is 20.1 Å². The first-order valence-corrected chi connectivity index (χ1v) is 12.4. The highest BCUT2D eigenvalue weighted by atomic mass is 16.5. The molecule has 0 aromatic heterocycles. The van der Waals surface area contributed by atoms with Gasteiger partial charge in [-0.05, 0) is 46.2 Å². The molecule has 3 rings (SSSR count). The molecule has 4 nitrogen and oxygen atoms in total. The predicted molar refractivity (Wildman–Crippen MR) is 138 cm³/mol. The summed E-state index contributed by atoms with van der Waals surface area (Å²) >= 11 is 0. The number of hydrogen-bond acceptors (Lipinski definition) is 4. The van der Waals surface area contributed by atoms with E-state index in [1.807, 2.05) is 18.2 Å². The van der Waals surface area contributed by atoms with E-state index in [-0.39, 0.29) is 24.7 Å². The van der Waals surface area contributed by atoms with Crippen LogP contribution in [0.15, 0.2) is 60.7 Å². The molecule has 0 amide bonds. The van der Waals surface area contributed by atoms with Crippen LogP contribution in [0.2, 0.25) is 0 Å². The van der Waals surface area contributed by atoms with Gasteiger partial charge in [0.05, 0.1) is 31.5 Å². The summed E-state index contributed by atoms with van der Waals surface area (Å²) in [5, 5.41) is 30.2. The molecule has 0 aliphatic heterocycles. The van der Waals surface area contributed by atoms with E-state index in [1.165, 1.54) is 5.57 Å². The molecule has 1 aliphatic carbocycles. The summed E-state index contributed by atoms with van der Waals surface area (Å²) in [6, 6.07) is 14.1. The number of ether oxygens (including phenoxy) is 1. The van der Waals surface area contributed by atoms with Gasteiger partial charge in [0.25, 0.3) is 0 Å². The van der Waals surface area contributed by atoms with Crippen molar-refractivity contribution in [2.75, 3.05) is 0 Å². The zero-order valence-electron chi connectivity index (χ0n) is 21.1. The minimum absolute atomic E-state index is 0.0866. The molecule has 0 bridgehead atoms. The van der Waals surface area contributed by atoms with Crippen molar-refractivity contribution in [3.8, 4) is 0 Å². The molecule has 34 heavy (non-hydrogen) atoms. The molecule has 0 heterocycles. The van der Waals surface area contributed by atoms with E-state index in [9.17, 15) is 15.3 Å². The van der Waals surface area contributed by atoms with Crippen LogP contribution in [0.25, 0.3) is 5.57 Å². The van der Waals surface area contributed by atoms with Gasteiger partial charge in [-0.15, -0.1) is 0 Å². The van der Waals surface area contributed by atoms with Gasteiger partial charge >= 0.3 is 0 Å². The Bertz CT molecular complexity index is 995. The summed E-state index contributed by atoms with van der Waals surface area (Å²) in [6.45, 7) is 8.85. The Hall–Kier alpha value is -2.24. The number of rotatable bonds is 11. The van der Waals surface area contributed by atoms with Gasteiger partial charge in [0, 0.05) is 5.41 Å². The standard InChI is InChI=1S/C30H40O4/c1-5-16-30(33,17-6-2)26-14-12-23(13-15-26)27-8-7-9-28(29(27,3)4)34-21-22-10-11-24(19-31)25(18-22)20-32/h7-15,18,28,31-33H,5-6,16-17,19-21H2,1-4H3. The molecule has 0 spiro atoms. The molecule has 3 N–H and O–H groups in total. The maximum Gasteiger partial charge on any atom is 0.0896 e. The van der Waals surface area contributed by atoms with Gasteiger partial charge in [-0.3, -0.25) is 0 Å². The number of allylic oxidation sites excluding steroid dienone is 2. The second kappa shape index (κ2) is 11.5. The fourth-order valence-electron chi connectivity index (χ4n) is 5.05. The number of aliphatic hydroxyl groups is 3. The Morgan fingerprint density at radius 3 is 2.15 bits per heavy atom. The van der Waals surface area contributed by atoms with E-state index in [2.05, 4.69) is 70.2 Å². The van der Waals surface area contributed by atoms with Crippen molar-refractivity contribution in [2.24, 2.45) is 5.41 Å². The highest BCUT2D eigenvalue weighted by Crippen LogP contribution is 2.43. The van der Waals surface area contributed by atoms with Crippen LogP contribution in [0.4, 0.5) is 0 Å².